The fraction of sp³-hybridized carbons (Fsp3) is 0.250. The summed E-state index contributed by atoms with van der Waals surface area (Å²) < 4.78 is 11.6. The molecule has 0 aliphatic carbocycles. The van der Waals surface area contributed by atoms with Gasteiger partial charge in [0.1, 0.15) is 11.9 Å². The second-order valence-electron chi connectivity index (χ2n) is 7.56. The molecule has 6 N–H and O–H groups in total. The number of nitrogen functional groups attached to an aromatic ring is 1. The van der Waals surface area contributed by atoms with Gasteiger partial charge in [0.25, 0.3) is 5.91 Å². The van der Waals surface area contributed by atoms with Crippen LogP contribution in [0.4, 0.5) is 11.6 Å². The molecule has 1 unspecified atom stereocenters. The maximum Gasteiger partial charge on any atom is 0.265 e. The van der Waals surface area contributed by atoms with E-state index in [9.17, 15) is 4.79 Å². The number of rotatable bonds is 11. The van der Waals surface area contributed by atoms with E-state index >= 15 is 0 Å². The second kappa shape index (κ2) is 11.5. The average molecular weight is 464 g/mol. The Labute approximate surface area is 198 Å². The Bertz CT molecular complexity index is 1110. The molecule has 10 nitrogen and oxygen atoms in total. The molecule has 10 heteroatoms. The maximum absolute atomic E-state index is 13.2. The lowest BCUT2D eigenvalue weighted by molar-refractivity contribution is -0.121. The zero-order valence-electron chi connectivity index (χ0n) is 19.3. The Morgan fingerprint density at radius 3 is 2.41 bits per heavy atom. The molecule has 1 amide bonds. The quantitative estimate of drug-likeness (QED) is 0.165. The number of hydrazine groups is 1. The molecule has 178 valence electrons. The predicted molar refractivity (Wildman–Crippen MR) is 131 cm³/mol. The fourth-order valence-corrected chi connectivity index (χ4v) is 3.09. The normalized spacial score (nSPS) is 11.4. The number of nitrogens with two attached hydrogens (primary N) is 1. The van der Waals surface area contributed by atoms with Crippen LogP contribution in [0, 0.1) is 5.41 Å². The highest BCUT2D eigenvalue weighted by molar-refractivity contribution is 5.95. The van der Waals surface area contributed by atoms with Gasteiger partial charge in [-0.25, -0.2) is 9.97 Å². The van der Waals surface area contributed by atoms with Gasteiger partial charge in [0.05, 0.1) is 12.7 Å². The minimum Gasteiger partial charge on any atom is -0.490 e. The summed E-state index contributed by atoms with van der Waals surface area (Å²) in [4.78, 5) is 21.3. The van der Waals surface area contributed by atoms with Crippen LogP contribution in [0.25, 0.3) is 0 Å². The third-order valence-corrected chi connectivity index (χ3v) is 4.60. The highest BCUT2D eigenvalue weighted by Gasteiger charge is 2.23. The molecule has 0 spiro atoms. The van der Waals surface area contributed by atoms with Crippen molar-refractivity contribution < 1.29 is 14.3 Å². The number of amidine groups is 1. The van der Waals surface area contributed by atoms with E-state index in [4.69, 9.17) is 20.6 Å². The van der Waals surface area contributed by atoms with Gasteiger partial charge in [-0.2, -0.15) is 0 Å². The minimum atomic E-state index is -0.799. The summed E-state index contributed by atoms with van der Waals surface area (Å²) in [7, 11) is 0. The standard InChI is InChI=1S/C24H29N7O3/c1-4-33-20-14-17(8-11-19(20)34-15(2)3)21(23(32)30-31-24-27-12-5-13-28-24)29-18-9-6-16(7-10-18)22(25)26/h5-15,21,29H,4H2,1-3H3,(H3,25,26)(H,30,32)(H,27,28,31). The summed E-state index contributed by atoms with van der Waals surface area (Å²) in [5.74, 6) is 0.995. The van der Waals surface area contributed by atoms with E-state index in [2.05, 4.69) is 26.1 Å². The molecular weight excluding hydrogens is 434 g/mol. The summed E-state index contributed by atoms with van der Waals surface area (Å²) in [6, 6.07) is 13.2. The number of hydrogen-bond donors (Lipinski definition) is 5. The van der Waals surface area contributed by atoms with Gasteiger partial charge in [-0.1, -0.05) is 6.07 Å². The molecule has 1 atom stereocenters. The van der Waals surface area contributed by atoms with Crippen molar-refractivity contribution in [3.63, 3.8) is 0 Å². The van der Waals surface area contributed by atoms with Gasteiger partial charge in [-0.3, -0.25) is 21.1 Å². The van der Waals surface area contributed by atoms with Crippen LogP contribution in [0.5, 0.6) is 11.5 Å². The third kappa shape index (κ3) is 6.58. The summed E-state index contributed by atoms with van der Waals surface area (Å²) in [5, 5.41) is 10.8. The van der Waals surface area contributed by atoms with Crippen molar-refractivity contribution in [2.24, 2.45) is 5.73 Å². The fourth-order valence-electron chi connectivity index (χ4n) is 3.09. The van der Waals surface area contributed by atoms with Crippen molar-refractivity contribution in [2.75, 3.05) is 17.3 Å². The van der Waals surface area contributed by atoms with E-state index in [0.29, 0.717) is 34.9 Å². The van der Waals surface area contributed by atoms with Gasteiger partial charge in [0.15, 0.2) is 11.5 Å². The van der Waals surface area contributed by atoms with Gasteiger partial charge >= 0.3 is 0 Å². The first kappa shape index (κ1) is 24.3. The monoisotopic (exact) mass is 463 g/mol. The van der Waals surface area contributed by atoms with E-state index in [0.717, 1.165) is 0 Å². The number of hydrogen-bond acceptors (Lipinski definition) is 8. The highest BCUT2D eigenvalue weighted by atomic mass is 16.5. The lowest BCUT2D eigenvalue weighted by Crippen LogP contribution is -2.37. The molecule has 0 bridgehead atoms. The van der Waals surface area contributed by atoms with Gasteiger partial charge in [0, 0.05) is 23.6 Å². The minimum absolute atomic E-state index is 0.0304. The van der Waals surface area contributed by atoms with E-state index in [1.165, 1.54) is 0 Å². The first-order valence-corrected chi connectivity index (χ1v) is 10.8. The van der Waals surface area contributed by atoms with Crippen molar-refractivity contribution >= 4 is 23.4 Å². The third-order valence-electron chi connectivity index (χ3n) is 4.60. The van der Waals surface area contributed by atoms with Crippen LogP contribution < -0.4 is 31.4 Å². The molecular formula is C24H29N7O3. The number of carbonyl (C=O) groups is 1. The lowest BCUT2D eigenvalue weighted by Gasteiger charge is -2.22. The first-order valence-electron chi connectivity index (χ1n) is 10.8. The number of aromatic nitrogens is 2. The molecule has 1 heterocycles. The topological polar surface area (TPSA) is 147 Å². The second-order valence-corrected chi connectivity index (χ2v) is 7.56. The lowest BCUT2D eigenvalue weighted by atomic mass is 10.0. The average Bonchev–Trinajstić information content (AvgIpc) is 2.83. The zero-order chi connectivity index (χ0) is 24.5. The van der Waals surface area contributed by atoms with Crippen molar-refractivity contribution in [3.05, 3.63) is 72.1 Å². The van der Waals surface area contributed by atoms with Crippen LogP contribution in [0.15, 0.2) is 60.9 Å². The number of anilines is 2. The molecule has 0 saturated carbocycles. The van der Waals surface area contributed by atoms with Gasteiger partial charge < -0.3 is 20.5 Å². The molecule has 3 rings (SSSR count). The Hall–Kier alpha value is -4.34. The van der Waals surface area contributed by atoms with Gasteiger partial charge in [0.2, 0.25) is 5.95 Å². The smallest absolute Gasteiger partial charge is 0.265 e. The van der Waals surface area contributed by atoms with Crippen LogP contribution in [0.2, 0.25) is 0 Å². The van der Waals surface area contributed by atoms with E-state index in [1.807, 2.05) is 20.8 Å². The molecule has 0 fully saturated rings. The van der Waals surface area contributed by atoms with Crippen LogP contribution in [0.3, 0.4) is 0 Å². The molecule has 34 heavy (non-hydrogen) atoms. The highest BCUT2D eigenvalue weighted by Crippen LogP contribution is 2.33. The molecule has 0 radical (unpaired) electrons. The van der Waals surface area contributed by atoms with Crippen LogP contribution in [-0.4, -0.2) is 34.4 Å². The van der Waals surface area contributed by atoms with Crippen molar-refractivity contribution in [2.45, 2.75) is 32.9 Å². The number of nitrogens with zero attached hydrogens (tertiary/aromatic N) is 2. The molecule has 3 aromatic rings. The Kier molecular flexibility index (Phi) is 8.22. The molecule has 1 aromatic heterocycles. The molecule has 2 aromatic carbocycles. The number of ether oxygens (including phenoxy) is 2. The summed E-state index contributed by atoms with van der Waals surface area (Å²) >= 11 is 0. The number of amides is 1. The van der Waals surface area contributed by atoms with E-state index < -0.39 is 6.04 Å². The Morgan fingerprint density at radius 1 is 1.09 bits per heavy atom. The van der Waals surface area contributed by atoms with Crippen LogP contribution in [0.1, 0.15) is 37.9 Å². The van der Waals surface area contributed by atoms with Crippen molar-refractivity contribution in [1.29, 1.82) is 5.41 Å². The van der Waals surface area contributed by atoms with Gasteiger partial charge in [-0.05, 0) is 68.8 Å². The Morgan fingerprint density at radius 2 is 1.79 bits per heavy atom. The molecule has 0 aliphatic rings. The maximum atomic E-state index is 13.2. The number of benzene rings is 2. The summed E-state index contributed by atoms with van der Waals surface area (Å²) in [6.45, 7) is 6.20. The van der Waals surface area contributed by atoms with Gasteiger partial charge in [-0.15, -0.1) is 0 Å². The zero-order valence-corrected chi connectivity index (χ0v) is 19.3. The van der Waals surface area contributed by atoms with Crippen LogP contribution in [-0.2, 0) is 4.79 Å². The van der Waals surface area contributed by atoms with Crippen molar-refractivity contribution in [1.82, 2.24) is 15.4 Å². The number of carbonyl (C=O) groups excluding carboxylic acids is 1. The first-order chi connectivity index (χ1) is 16.4. The summed E-state index contributed by atoms with van der Waals surface area (Å²) in [6.07, 6.45) is 3.10. The predicted octanol–water partition coefficient (Wildman–Crippen LogP) is 3.24. The SMILES string of the molecule is CCOc1cc(C(Nc2ccc(C(=N)N)cc2)C(=O)NNc2ncccn2)ccc1OC(C)C. The van der Waals surface area contributed by atoms with Crippen LogP contribution >= 0.6 is 0 Å². The van der Waals surface area contributed by atoms with E-state index in [1.54, 1.807) is 60.9 Å². The molecule has 0 saturated heterocycles. The van der Waals surface area contributed by atoms with Crippen molar-refractivity contribution in [3.8, 4) is 11.5 Å². The van der Waals surface area contributed by atoms with E-state index in [-0.39, 0.29) is 23.8 Å². The largest absolute Gasteiger partial charge is 0.490 e. The number of nitrogens with one attached hydrogen (secondary N) is 4. The Balaban J connectivity index is 1.90. The molecule has 0 aliphatic heterocycles. The summed E-state index contributed by atoms with van der Waals surface area (Å²) in [5.41, 5.74) is 12.8.